The molecule has 0 saturated carbocycles. The average Bonchev–Trinajstić information content (AvgIpc) is 1.70. The molecule has 0 bridgehead atoms. The van der Waals surface area contributed by atoms with E-state index in [2.05, 4.69) is 44.7 Å². The fraction of sp³-hybridized carbons (Fsp3) is 0. The zero-order valence-corrected chi connectivity index (χ0v) is 13.3. The summed E-state index contributed by atoms with van der Waals surface area (Å²) >= 11 is 7.92. The summed E-state index contributed by atoms with van der Waals surface area (Å²) in [6.07, 6.45) is 0. The maximum Gasteiger partial charge on any atom is 0 e. The molecule has 0 fully saturated rings. The maximum atomic E-state index is 7.26. The van der Waals surface area contributed by atoms with Gasteiger partial charge in [-0.2, -0.15) is 0 Å². The van der Waals surface area contributed by atoms with Crippen LogP contribution in [-0.4, -0.2) is 32.0 Å². The van der Waals surface area contributed by atoms with Crippen LogP contribution in [0.25, 0.3) is 0 Å². The van der Waals surface area contributed by atoms with Crippen LogP contribution in [0.4, 0.5) is 0 Å². The van der Waals surface area contributed by atoms with Crippen LogP contribution in [0, 0.1) is 31.1 Å². The van der Waals surface area contributed by atoms with Gasteiger partial charge < -0.3 is 12.6 Å². The molecule has 0 aromatic carbocycles. The summed E-state index contributed by atoms with van der Waals surface area (Å²) in [4.78, 5) is 3.25. The van der Waals surface area contributed by atoms with Gasteiger partial charge in [0.2, 0.25) is 0 Å². The molecular weight excluding hydrogens is 392 g/mol. The fourth-order valence-electron chi connectivity index (χ4n) is 0. The first-order chi connectivity index (χ1) is 4.24. The Hall–Kier alpha value is 0.846. The molecule has 0 saturated heterocycles. The third kappa shape index (κ3) is 1190. The standard InChI is InChI=1S/CHNS.2CNSe.Ni.Zn/c3*2-1-3;;/h3H;;;;/p-1. The molecule has 0 amide bonds. The summed E-state index contributed by atoms with van der Waals surface area (Å²) in [5, 5.41) is 23.0. The van der Waals surface area contributed by atoms with Crippen LogP contribution < -0.4 is 0 Å². The van der Waals surface area contributed by atoms with E-state index in [0.717, 1.165) is 0 Å². The van der Waals surface area contributed by atoms with Crippen molar-refractivity contribution in [1.82, 2.24) is 0 Å². The number of nitriles is 3. The van der Waals surface area contributed by atoms with Gasteiger partial charge in [-0.15, -0.1) is 0 Å². The fourth-order valence-corrected chi connectivity index (χ4v) is 0. The van der Waals surface area contributed by atoms with Gasteiger partial charge in [-0.05, 0) is 0 Å². The van der Waals surface area contributed by atoms with Crippen molar-refractivity contribution in [1.29, 1.82) is 15.8 Å². The van der Waals surface area contributed by atoms with Gasteiger partial charge in [-0.3, -0.25) is 0 Å². The van der Waals surface area contributed by atoms with Crippen molar-refractivity contribution in [2.75, 3.05) is 0 Å². The van der Waals surface area contributed by atoms with Gasteiger partial charge in [0.05, 0.1) is 0 Å². The third-order valence-electron chi connectivity index (χ3n) is 0. The molecular formula is C3N3NiSSe2Zn-. The molecule has 58 valence electrons. The molecule has 0 aliphatic carbocycles. The van der Waals surface area contributed by atoms with Crippen LogP contribution in [0.2, 0.25) is 0 Å². The van der Waals surface area contributed by atoms with Crippen LogP contribution in [-0.2, 0) is 48.6 Å². The van der Waals surface area contributed by atoms with E-state index < -0.39 is 0 Å². The van der Waals surface area contributed by atoms with Crippen molar-refractivity contribution >= 4 is 44.7 Å². The predicted molar refractivity (Wildman–Crippen MR) is 35.7 cm³/mol. The first-order valence-corrected chi connectivity index (χ1v) is 3.40. The van der Waals surface area contributed by atoms with Crippen LogP contribution in [0.3, 0.4) is 0 Å². The monoisotopic (exact) mass is 392 g/mol. The first kappa shape index (κ1) is 29.7. The summed E-state index contributed by atoms with van der Waals surface area (Å²) < 4.78 is 0. The summed E-state index contributed by atoms with van der Waals surface area (Å²) in [5.74, 6) is 0. The van der Waals surface area contributed by atoms with Crippen molar-refractivity contribution in [3.8, 4) is 15.3 Å². The molecule has 0 atom stereocenters. The van der Waals surface area contributed by atoms with Gasteiger partial charge in [0.15, 0.2) is 0 Å². The van der Waals surface area contributed by atoms with E-state index in [0.29, 0.717) is 0 Å². The van der Waals surface area contributed by atoms with Crippen molar-refractivity contribution in [3.05, 3.63) is 0 Å². The van der Waals surface area contributed by atoms with E-state index in [-0.39, 0.29) is 36.0 Å². The van der Waals surface area contributed by atoms with Gasteiger partial charge in [0.25, 0.3) is 0 Å². The van der Waals surface area contributed by atoms with E-state index in [4.69, 9.17) is 15.8 Å². The molecule has 3 nitrogen and oxygen atoms in total. The number of nitrogens with zero attached hydrogens (tertiary/aromatic N) is 3. The van der Waals surface area contributed by atoms with E-state index in [1.807, 2.05) is 0 Å². The van der Waals surface area contributed by atoms with Crippen molar-refractivity contribution in [2.45, 2.75) is 0 Å². The molecule has 0 aromatic rings. The smallest absolute Gasteiger partial charge is 0 e. The Morgan fingerprint density at radius 2 is 1.00 bits per heavy atom. The Morgan fingerprint density at radius 1 is 1.00 bits per heavy atom. The Labute approximate surface area is 111 Å². The van der Waals surface area contributed by atoms with E-state index in [9.17, 15) is 0 Å². The molecule has 8 heteroatoms. The summed E-state index contributed by atoms with van der Waals surface area (Å²) in [6, 6.07) is 0. The Balaban J connectivity index is -0.0000000150. The quantitative estimate of drug-likeness (QED) is 0.310. The van der Waals surface area contributed by atoms with Crippen LogP contribution in [0.15, 0.2) is 0 Å². The third-order valence-corrected chi connectivity index (χ3v) is 0. The van der Waals surface area contributed by atoms with E-state index in [1.165, 1.54) is 5.40 Å². The molecule has 0 heterocycles. The van der Waals surface area contributed by atoms with Crippen molar-refractivity contribution in [2.24, 2.45) is 0 Å². The van der Waals surface area contributed by atoms with Gasteiger partial charge in [0.1, 0.15) is 0 Å². The largest absolute Gasteiger partial charge is 0 e. The van der Waals surface area contributed by atoms with Crippen LogP contribution >= 0.6 is 0 Å². The van der Waals surface area contributed by atoms with Crippen LogP contribution in [0.1, 0.15) is 0 Å². The van der Waals surface area contributed by atoms with Gasteiger partial charge >= 0.3 is 52.5 Å². The van der Waals surface area contributed by atoms with Gasteiger partial charge in [0, 0.05) is 36.0 Å². The molecule has 0 aliphatic heterocycles. The second-order valence-corrected chi connectivity index (χ2v) is 1.22. The minimum atomic E-state index is 0. The van der Waals surface area contributed by atoms with Crippen molar-refractivity contribution in [3.63, 3.8) is 0 Å². The summed E-state index contributed by atoms with van der Waals surface area (Å²) in [5.41, 5.74) is 0. The number of hydrogen-bond acceptors (Lipinski definition) is 4. The van der Waals surface area contributed by atoms with Gasteiger partial charge in [-0.25, -0.2) is 5.26 Å². The topological polar surface area (TPSA) is 71.4 Å². The molecule has 0 rings (SSSR count). The number of hydrogen-bond donors (Lipinski definition) is 0. The summed E-state index contributed by atoms with van der Waals surface area (Å²) in [7, 11) is 0. The zero-order valence-electron chi connectivity index (χ0n) is 5.09. The minimum Gasteiger partial charge on any atom is 0 e. The summed E-state index contributed by atoms with van der Waals surface area (Å²) in [6.45, 7) is 0. The van der Waals surface area contributed by atoms with Gasteiger partial charge in [-0.1, -0.05) is 5.40 Å². The molecule has 0 aliphatic rings. The predicted octanol–water partition coefficient (Wildman–Crippen LogP) is -0.719. The van der Waals surface area contributed by atoms with Crippen LogP contribution in [0.5, 0.6) is 0 Å². The molecule has 0 aromatic heterocycles. The Kier molecular flexibility index (Phi) is 192. The first-order valence-electron chi connectivity index (χ1n) is 1.28. The van der Waals surface area contributed by atoms with Crippen molar-refractivity contribution < 1.29 is 36.0 Å². The normalized spacial score (nSPS) is 1.91. The SMILES string of the molecule is N#C[S-].N#C[Se].N#C[Se].[Ni].[Zn]. The number of thiocyanates is 1. The maximum absolute atomic E-state index is 7.26. The Morgan fingerprint density at radius 3 is 1.00 bits per heavy atom. The van der Waals surface area contributed by atoms with E-state index in [1.54, 1.807) is 9.94 Å². The molecule has 11 heavy (non-hydrogen) atoms. The molecule has 0 unspecified atom stereocenters. The average molecular weight is 392 g/mol. The molecule has 2 radical (unpaired) electrons. The zero-order chi connectivity index (χ0) is 8.12. The second-order valence-electron chi connectivity index (χ2n) is 0.274. The minimum absolute atomic E-state index is 0. The second kappa shape index (κ2) is 71.1. The Bertz CT molecular complexity index is 120. The number of rotatable bonds is 0. The molecule has 0 N–H and O–H groups in total. The van der Waals surface area contributed by atoms with E-state index >= 15 is 0 Å². The molecule has 0 spiro atoms.